The van der Waals surface area contributed by atoms with Crippen molar-refractivity contribution in [3.8, 4) is 6.07 Å². The van der Waals surface area contributed by atoms with Crippen LogP contribution in [0.4, 0.5) is 28.4 Å². The van der Waals surface area contributed by atoms with Crippen LogP contribution in [-0.4, -0.2) is 48.4 Å². The lowest BCUT2D eigenvalue weighted by molar-refractivity contribution is -0.141. The summed E-state index contributed by atoms with van der Waals surface area (Å²) >= 11 is 0. The molecule has 39 heavy (non-hydrogen) atoms. The minimum absolute atomic E-state index is 0.00233. The number of imide groups is 1. The third-order valence-electron chi connectivity index (χ3n) is 6.39. The van der Waals surface area contributed by atoms with Crippen LogP contribution in [0.5, 0.6) is 0 Å². The second-order valence-corrected chi connectivity index (χ2v) is 10.9. The zero-order chi connectivity index (χ0) is 28.7. The third-order valence-corrected chi connectivity index (χ3v) is 8.17. The minimum Gasteiger partial charge on any atom is -0.338 e. The highest BCUT2D eigenvalue weighted by atomic mass is 32.2. The number of ketones is 1. The molecule has 204 valence electrons. The molecule has 1 aliphatic heterocycles. The molecule has 1 aromatic heterocycles. The van der Waals surface area contributed by atoms with Gasteiger partial charge in [0.15, 0.2) is 15.6 Å². The molecule has 2 heterocycles. The normalized spacial score (nSPS) is 17.8. The van der Waals surface area contributed by atoms with Gasteiger partial charge in [0.2, 0.25) is 0 Å². The zero-order valence-corrected chi connectivity index (χ0v) is 21.6. The van der Waals surface area contributed by atoms with E-state index < -0.39 is 45.6 Å². The minimum atomic E-state index is -4.83. The van der Waals surface area contributed by atoms with E-state index in [4.69, 9.17) is 0 Å². The smallest absolute Gasteiger partial charge is 0.338 e. The summed E-state index contributed by atoms with van der Waals surface area (Å²) in [4.78, 5) is 44.9. The van der Waals surface area contributed by atoms with Gasteiger partial charge in [-0.25, -0.2) is 22.9 Å². The maximum atomic E-state index is 13.9. The number of sulfone groups is 1. The van der Waals surface area contributed by atoms with Crippen molar-refractivity contribution in [3.63, 3.8) is 0 Å². The third kappa shape index (κ3) is 4.85. The first-order chi connectivity index (χ1) is 18.3. The lowest BCUT2D eigenvalue weighted by Gasteiger charge is -2.41. The standard InChI is InChI=1S/C25H22F3N5O5S/c1-3-30-23(35)33-22(16-6-5-14(13-29)11-19(16)39(37,38)4-2)21-17(7-8-18(21)34)32(24(33)36)15-9-10-31-20(12-15)25(26,27)28/h5-6,9-12,22H,3-4,7-8H2,1-2H3,(H,30,35)/t22-/m1/s1. The number of rotatable bonds is 5. The predicted octanol–water partition coefficient (Wildman–Crippen LogP) is 4.10. The van der Waals surface area contributed by atoms with Gasteiger partial charge in [0.05, 0.1) is 28.0 Å². The fourth-order valence-corrected chi connectivity index (χ4v) is 5.79. The number of pyridine rings is 1. The molecule has 2 aliphatic rings. The maximum Gasteiger partial charge on any atom is 0.433 e. The summed E-state index contributed by atoms with van der Waals surface area (Å²) in [5.74, 6) is -0.879. The fraction of sp³-hybridized carbons (Fsp3) is 0.320. The molecule has 2 aromatic rings. The number of aromatic nitrogens is 1. The number of urea groups is 2. The van der Waals surface area contributed by atoms with Gasteiger partial charge in [0, 0.05) is 30.4 Å². The van der Waals surface area contributed by atoms with Crippen LogP contribution in [0.25, 0.3) is 0 Å². The summed E-state index contributed by atoms with van der Waals surface area (Å²) in [7, 11) is -4.03. The van der Waals surface area contributed by atoms with Crippen LogP contribution >= 0.6 is 0 Å². The molecule has 1 N–H and O–H groups in total. The number of nitriles is 1. The van der Waals surface area contributed by atoms with Crippen molar-refractivity contribution in [3.05, 3.63) is 64.6 Å². The summed E-state index contributed by atoms with van der Waals surface area (Å²) in [5.41, 5.74) is -1.67. The van der Waals surface area contributed by atoms with Crippen LogP contribution < -0.4 is 10.2 Å². The number of alkyl halides is 3. The quantitative estimate of drug-likeness (QED) is 0.580. The Morgan fingerprint density at radius 3 is 2.51 bits per heavy atom. The van der Waals surface area contributed by atoms with Gasteiger partial charge >= 0.3 is 18.2 Å². The van der Waals surface area contributed by atoms with Crippen LogP contribution in [0.2, 0.25) is 0 Å². The number of carbonyl (C=O) groups excluding carboxylic acids is 3. The fourth-order valence-electron chi connectivity index (χ4n) is 4.64. The Bertz CT molecular complexity index is 1560. The molecular formula is C25H22F3N5O5S. The molecular weight excluding hydrogens is 539 g/mol. The highest BCUT2D eigenvalue weighted by Crippen LogP contribution is 2.47. The number of amides is 4. The molecule has 14 heteroatoms. The second kappa shape index (κ2) is 10.1. The average Bonchev–Trinajstić information content (AvgIpc) is 3.27. The van der Waals surface area contributed by atoms with E-state index >= 15 is 0 Å². The first kappa shape index (κ1) is 27.8. The van der Waals surface area contributed by atoms with Crippen LogP contribution in [0.1, 0.15) is 49.6 Å². The number of benzene rings is 1. The molecule has 0 bridgehead atoms. The molecule has 4 rings (SSSR count). The number of hydrogen-bond acceptors (Lipinski definition) is 7. The first-order valence-corrected chi connectivity index (χ1v) is 13.5. The Morgan fingerprint density at radius 2 is 1.90 bits per heavy atom. The summed E-state index contributed by atoms with van der Waals surface area (Å²) < 4.78 is 66.4. The Labute approximate surface area is 221 Å². The van der Waals surface area contributed by atoms with E-state index in [2.05, 4.69) is 10.3 Å². The Balaban J connectivity index is 2.04. The van der Waals surface area contributed by atoms with Gasteiger partial charge in [-0.05, 0) is 43.2 Å². The Kier molecular flexibility index (Phi) is 7.22. The van der Waals surface area contributed by atoms with Gasteiger partial charge in [0.25, 0.3) is 0 Å². The summed E-state index contributed by atoms with van der Waals surface area (Å²) in [6, 6.07) is 3.74. The van der Waals surface area contributed by atoms with E-state index in [1.807, 2.05) is 6.07 Å². The zero-order valence-electron chi connectivity index (χ0n) is 20.7. The molecule has 0 saturated carbocycles. The van der Waals surface area contributed by atoms with E-state index in [0.29, 0.717) is 11.0 Å². The molecule has 0 spiro atoms. The van der Waals surface area contributed by atoms with Crippen LogP contribution in [0.15, 0.2) is 52.7 Å². The molecule has 0 radical (unpaired) electrons. The second-order valence-electron chi connectivity index (χ2n) is 8.67. The highest BCUT2D eigenvalue weighted by molar-refractivity contribution is 7.91. The predicted molar refractivity (Wildman–Crippen MR) is 131 cm³/mol. The van der Waals surface area contributed by atoms with E-state index in [-0.39, 0.29) is 58.1 Å². The van der Waals surface area contributed by atoms with Crippen LogP contribution in [0, 0.1) is 11.3 Å². The number of carbonyl (C=O) groups is 3. The van der Waals surface area contributed by atoms with Crippen molar-refractivity contribution in [2.45, 2.75) is 43.8 Å². The van der Waals surface area contributed by atoms with Crippen molar-refractivity contribution in [1.29, 1.82) is 5.26 Å². The number of allylic oxidation sites excluding steroid dienone is 1. The van der Waals surface area contributed by atoms with E-state index in [0.717, 1.165) is 23.2 Å². The summed E-state index contributed by atoms with van der Waals surface area (Å²) in [5, 5.41) is 11.8. The lowest BCUT2D eigenvalue weighted by Crippen LogP contribution is -2.55. The van der Waals surface area contributed by atoms with Gasteiger partial charge in [-0.1, -0.05) is 13.0 Å². The molecule has 0 saturated heterocycles. The van der Waals surface area contributed by atoms with E-state index in [1.165, 1.54) is 19.1 Å². The lowest BCUT2D eigenvalue weighted by atomic mass is 9.92. The number of hydrogen-bond donors (Lipinski definition) is 1. The van der Waals surface area contributed by atoms with Gasteiger partial charge < -0.3 is 5.32 Å². The summed E-state index contributed by atoms with van der Waals surface area (Å²) in [6.45, 7) is 2.99. The molecule has 1 atom stereocenters. The Morgan fingerprint density at radius 1 is 1.18 bits per heavy atom. The topological polar surface area (TPSA) is 141 Å². The van der Waals surface area contributed by atoms with Crippen molar-refractivity contribution < 1.29 is 36.0 Å². The molecule has 0 fully saturated rings. The SMILES string of the molecule is CCNC(=O)N1C(=O)N(c2ccnc(C(F)(F)F)c2)C2=C(C(=O)CC2)[C@H]1c1ccc(C#N)cc1S(=O)(=O)CC. The largest absolute Gasteiger partial charge is 0.433 e. The van der Waals surface area contributed by atoms with Crippen molar-refractivity contribution in [2.24, 2.45) is 0 Å². The average molecular weight is 562 g/mol. The van der Waals surface area contributed by atoms with Crippen molar-refractivity contribution >= 4 is 33.4 Å². The number of nitrogens with one attached hydrogen (secondary N) is 1. The van der Waals surface area contributed by atoms with E-state index in [1.54, 1.807) is 6.92 Å². The van der Waals surface area contributed by atoms with Crippen molar-refractivity contribution in [2.75, 3.05) is 17.2 Å². The van der Waals surface area contributed by atoms with Gasteiger partial charge in [-0.2, -0.15) is 18.4 Å². The van der Waals surface area contributed by atoms with Gasteiger partial charge in [-0.15, -0.1) is 0 Å². The number of nitrogens with zero attached hydrogens (tertiary/aromatic N) is 4. The van der Waals surface area contributed by atoms with Crippen LogP contribution in [0.3, 0.4) is 0 Å². The molecule has 1 aliphatic carbocycles. The molecule has 4 amide bonds. The van der Waals surface area contributed by atoms with Crippen LogP contribution in [-0.2, 0) is 20.8 Å². The molecule has 0 unspecified atom stereocenters. The molecule has 10 nitrogen and oxygen atoms in total. The van der Waals surface area contributed by atoms with E-state index in [9.17, 15) is 41.2 Å². The number of halogens is 3. The molecule has 1 aromatic carbocycles. The van der Waals surface area contributed by atoms with Gasteiger partial charge in [-0.3, -0.25) is 14.7 Å². The van der Waals surface area contributed by atoms with Gasteiger partial charge in [0.1, 0.15) is 11.7 Å². The van der Waals surface area contributed by atoms with Crippen molar-refractivity contribution in [1.82, 2.24) is 15.2 Å². The monoisotopic (exact) mass is 561 g/mol. The summed E-state index contributed by atoms with van der Waals surface area (Å²) in [6.07, 6.45) is -4.12. The highest BCUT2D eigenvalue weighted by Gasteiger charge is 2.50. The first-order valence-electron chi connectivity index (χ1n) is 11.8. The maximum absolute atomic E-state index is 13.9. The number of anilines is 1. The Hall–Kier alpha value is -4.25. The number of Topliss-reactive ketones (excluding diaryl/α,β-unsaturated/α-hetero) is 1.